The predicted molar refractivity (Wildman–Crippen MR) is 153 cm³/mol. The number of halogens is 3. The van der Waals surface area contributed by atoms with Gasteiger partial charge in [0.25, 0.3) is 11.1 Å². The number of carbonyl (C=O) groups is 1. The van der Waals surface area contributed by atoms with Gasteiger partial charge in [0.15, 0.2) is 9.04 Å². The van der Waals surface area contributed by atoms with Gasteiger partial charge in [-0.1, -0.05) is 65.0 Å². The summed E-state index contributed by atoms with van der Waals surface area (Å²) in [6.07, 6.45) is -3.51. The number of hydrogen-bond acceptors (Lipinski definition) is 5. The van der Waals surface area contributed by atoms with Gasteiger partial charge in [0, 0.05) is 12.1 Å². The molecule has 2 heterocycles. The maximum absolute atomic E-state index is 14.5. The highest BCUT2D eigenvalue weighted by molar-refractivity contribution is 6.48. The molecule has 224 valence electrons. The Morgan fingerprint density at radius 3 is 2.15 bits per heavy atom. The van der Waals surface area contributed by atoms with Crippen molar-refractivity contribution in [1.82, 2.24) is 19.4 Å². The fourth-order valence-electron chi connectivity index (χ4n) is 5.28. The van der Waals surface area contributed by atoms with E-state index in [1.165, 1.54) is 33.0 Å². The smallest absolute Gasteiger partial charge is 0.396 e. The molecule has 0 saturated carbocycles. The molecule has 3 rings (SSSR count). The van der Waals surface area contributed by atoms with Crippen molar-refractivity contribution < 1.29 is 22.4 Å². The van der Waals surface area contributed by atoms with Gasteiger partial charge in [-0.25, -0.2) is 4.79 Å². The van der Waals surface area contributed by atoms with Gasteiger partial charge in [-0.3, -0.25) is 19.0 Å². The fraction of sp³-hybridized carbons (Fsp3) is 0.500. The van der Waals surface area contributed by atoms with Gasteiger partial charge in [-0.2, -0.15) is 13.2 Å². The average Bonchev–Trinajstić information content (AvgIpc) is 2.82. The molecule has 9 nitrogen and oxygen atoms in total. The standard InChI is InChI=1S/C28H37F3N4O5Si/c1-17(2)27(40-41(6)7,24(26(3,4)5)28(29,30)31)33-20(36)16-34-14-13-19-21(23(34)38)32-25(39)35(22(19)37)15-18-11-9-8-10-12-18/h8-14,17,24,41H,15-16H2,1-7H3,(H,32,39)(H,33,36). The molecule has 0 fully saturated rings. The lowest BCUT2D eigenvalue weighted by molar-refractivity contribution is -0.265. The van der Waals surface area contributed by atoms with Crippen molar-refractivity contribution in [2.45, 2.75) is 72.7 Å². The van der Waals surface area contributed by atoms with Crippen molar-refractivity contribution in [3.8, 4) is 0 Å². The lowest BCUT2D eigenvalue weighted by atomic mass is 9.70. The first-order chi connectivity index (χ1) is 18.9. The number of fused-ring (bicyclic) bond motifs is 1. The highest BCUT2D eigenvalue weighted by Gasteiger charge is 2.61. The molecule has 2 N–H and O–H groups in total. The Kier molecular flexibility index (Phi) is 9.23. The van der Waals surface area contributed by atoms with Crippen LogP contribution in [-0.4, -0.2) is 41.0 Å². The van der Waals surface area contributed by atoms with Crippen molar-refractivity contribution in [2.24, 2.45) is 17.3 Å². The molecule has 0 radical (unpaired) electrons. The van der Waals surface area contributed by atoms with Crippen LogP contribution in [-0.2, 0) is 22.3 Å². The van der Waals surface area contributed by atoms with Gasteiger partial charge in [-0.15, -0.1) is 0 Å². The van der Waals surface area contributed by atoms with E-state index >= 15 is 0 Å². The summed E-state index contributed by atoms with van der Waals surface area (Å²) < 4.78 is 51.6. The third kappa shape index (κ3) is 6.89. The van der Waals surface area contributed by atoms with Crippen LogP contribution in [0, 0.1) is 17.3 Å². The Bertz CT molecular complexity index is 1560. The average molecular weight is 595 g/mol. The minimum Gasteiger partial charge on any atom is -0.398 e. The molecule has 2 aromatic heterocycles. The van der Waals surface area contributed by atoms with E-state index in [1.807, 2.05) is 0 Å². The summed E-state index contributed by atoms with van der Waals surface area (Å²) in [4.78, 5) is 54.8. The normalized spacial score (nSPS) is 14.8. The molecule has 0 spiro atoms. The van der Waals surface area contributed by atoms with Gasteiger partial charge in [0.2, 0.25) is 5.91 Å². The number of amides is 1. The zero-order valence-corrected chi connectivity index (χ0v) is 25.4. The lowest BCUT2D eigenvalue weighted by Crippen LogP contribution is -2.67. The van der Waals surface area contributed by atoms with Crippen LogP contribution in [0.4, 0.5) is 13.2 Å². The number of nitrogens with one attached hydrogen (secondary N) is 2. The minimum absolute atomic E-state index is 0.0129. The Morgan fingerprint density at radius 2 is 1.63 bits per heavy atom. The summed E-state index contributed by atoms with van der Waals surface area (Å²) in [5.74, 6) is -3.72. The van der Waals surface area contributed by atoms with Crippen LogP contribution in [0.1, 0.15) is 40.2 Å². The molecular weight excluding hydrogens is 557 g/mol. The van der Waals surface area contributed by atoms with Crippen LogP contribution in [0.15, 0.2) is 57.0 Å². The van der Waals surface area contributed by atoms with Crippen LogP contribution >= 0.6 is 0 Å². The number of aromatic amines is 1. The SMILES string of the molecule is CC(C)C(NC(=O)Cn1ccc2c(=O)n(Cc3ccccc3)c(=O)[nH]c2c1=O)(O[SiH](C)C)C(C(C)(C)C)C(F)(F)F. The minimum atomic E-state index is -4.71. The first-order valence-corrected chi connectivity index (χ1v) is 16.1. The molecule has 2 unspecified atom stereocenters. The quantitative estimate of drug-likeness (QED) is 0.290. The maximum Gasteiger partial charge on any atom is 0.396 e. The zero-order chi connectivity index (χ0) is 30.9. The number of H-pyrrole nitrogens is 1. The van der Waals surface area contributed by atoms with E-state index in [4.69, 9.17) is 4.43 Å². The van der Waals surface area contributed by atoms with Crippen LogP contribution in [0.3, 0.4) is 0 Å². The van der Waals surface area contributed by atoms with E-state index in [2.05, 4.69) is 10.3 Å². The van der Waals surface area contributed by atoms with E-state index in [-0.39, 0.29) is 17.4 Å². The van der Waals surface area contributed by atoms with E-state index < -0.39 is 67.5 Å². The predicted octanol–water partition coefficient (Wildman–Crippen LogP) is 3.59. The van der Waals surface area contributed by atoms with Crippen molar-refractivity contribution in [3.63, 3.8) is 0 Å². The Balaban J connectivity index is 2.03. The third-order valence-corrected chi connectivity index (χ3v) is 7.72. The summed E-state index contributed by atoms with van der Waals surface area (Å²) in [6.45, 7) is 10.2. The van der Waals surface area contributed by atoms with Crippen LogP contribution < -0.4 is 22.1 Å². The van der Waals surface area contributed by atoms with Gasteiger partial charge in [0.05, 0.1) is 11.9 Å². The molecule has 0 aliphatic rings. The first-order valence-electron chi connectivity index (χ1n) is 13.3. The molecule has 0 bridgehead atoms. The second-order valence-corrected chi connectivity index (χ2v) is 14.2. The summed E-state index contributed by atoms with van der Waals surface area (Å²) in [6, 6.07) is 10.1. The van der Waals surface area contributed by atoms with Crippen molar-refractivity contribution in [3.05, 3.63) is 79.4 Å². The number of hydrogen-bond donors (Lipinski definition) is 2. The fourth-order valence-corrected chi connectivity index (χ4v) is 6.53. The number of benzene rings is 1. The summed E-state index contributed by atoms with van der Waals surface area (Å²) in [5, 5.41) is 2.46. The number of rotatable bonds is 9. The molecule has 0 aliphatic carbocycles. The first kappa shape index (κ1) is 32.1. The summed E-state index contributed by atoms with van der Waals surface area (Å²) >= 11 is 0. The monoisotopic (exact) mass is 594 g/mol. The topological polar surface area (TPSA) is 115 Å². The highest BCUT2D eigenvalue weighted by Crippen LogP contribution is 2.49. The molecule has 0 saturated heterocycles. The third-order valence-electron chi connectivity index (χ3n) is 6.86. The zero-order valence-electron chi connectivity index (χ0n) is 24.3. The Hall–Kier alpha value is -3.45. The molecule has 0 aliphatic heterocycles. The molecule has 2 atom stereocenters. The van der Waals surface area contributed by atoms with E-state index in [0.717, 1.165) is 9.13 Å². The van der Waals surface area contributed by atoms with Crippen molar-refractivity contribution >= 4 is 25.9 Å². The summed E-state index contributed by atoms with van der Waals surface area (Å²) in [7, 11) is -2.14. The van der Waals surface area contributed by atoms with Crippen LogP contribution in [0.5, 0.6) is 0 Å². The summed E-state index contributed by atoms with van der Waals surface area (Å²) in [5.41, 5.74) is -5.35. The molecule has 1 aromatic carbocycles. The number of carbonyl (C=O) groups excluding carboxylic acids is 1. The van der Waals surface area contributed by atoms with Crippen LogP contribution in [0.2, 0.25) is 13.1 Å². The second-order valence-electron chi connectivity index (χ2n) is 11.8. The van der Waals surface area contributed by atoms with Crippen molar-refractivity contribution in [1.29, 1.82) is 0 Å². The van der Waals surface area contributed by atoms with Gasteiger partial charge in [0.1, 0.15) is 23.7 Å². The molecule has 1 amide bonds. The maximum atomic E-state index is 14.5. The Labute approximate surface area is 237 Å². The van der Waals surface area contributed by atoms with E-state index in [1.54, 1.807) is 57.3 Å². The largest absolute Gasteiger partial charge is 0.398 e. The van der Waals surface area contributed by atoms with E-state index in [9.17, 15) is 32.3 Å². The van der Waals surface area contributed by atoms with Gasteiger partial charge >= 0.3 is 11.9 Å². The number of nitrogens with zero attached hydrogens (tertiary/aromatic N) is 2. The van der Waals surface area contributed by atoms with Crippen LogP contribution in [0.25, 0.3) is 10.9 Å². The highest BCUT2D eigenvalue weighted by atomic mass is 28.3. The van der Waals surface area contributed by atoms with E-state index in [0.29, 0.717) is 5.56 Å². The van der Waals surface area contributed by atoms with Gasteiger partial charge < -0.3 is 19.3 Å². The number of aromatic nitrogens is 3. The molecule has 13 heteroatoms. The Morgan fingerprint density at radius 1 is 1.02 bits per heavy atom. The molecular formula is C28H37F3N4O5Si. The van der Waals surface area contributed by atoms with Crippen molar-refractivity contribution in [2.75, 3.05) is 0 Å². The second kappa shape index (κ2) is 11.8. The number of pyridine rings is 1. The van der Waals surface area contributed by atoms with Gasteiger partial charge in [-0.05, 0) is 30.1 Å². The number of alkyl halides is 3. The molecule has 41 heavy (non-hydrogen) atoms. The lowest BCUT2D eigenvalue weighted by Gasteiger charge is -2.51. The molecule has 3 aromatic rings.